The van der Waals surface area contributed by atoms with Crippen LogP contribution in [-0.4, -0.2) is 17.4 Å². The van der Waals surface area contributed by atoms with Gasteiger partial charge >= 0.3 is 0 Å². The van der Waals surface area contributed by atoms with Gasteiger partial charge in [-0.15, -0.1) is 0 Å². The van der Waals surface area contributed by atoms with Crippen LogP contribution < -0.4 is 5.32 Å². The number of hydrogen-bond donors (Lipinski definition) is 2. The molecular weight excluding hydrogens is 277 g/mol. The van der Waals surface area contributed by atoms with Crippen molar-refractivity contribution in [3.05, 3.63) is 52.0 Å². The Balaban J connectivity index is 2.20. The standard InChI is InChI=1S/C15H16FNO2S/c1-10(18)14-12(16)4-3-5-13(14)17-9-15(2,19)11-6-7-20-8-11/h3-8,17,19H,9H2,1-2H3. The topological polar surface area (TPSA) is 49.3 Å². The summed E-state index contributed by atoms with van der Waals surface area (Å²) < 4.78 is 13.7. The first kappa shape index (κ1) is 14.7. The van der Waals surface area contributed by atoms with Crippen LogP contribution in [0.4, 0.5) is 10.1 Å². The summed E-state index contributed by atoms with van der Waals surface area (Å²) in [5, 5.41) is 17.1. The molecule has 2 N–H and O–H groups in total. The molecule has 1 aromatic heterocycles. The number of halogens is 1. The van der Waals surface area contributed by atoms with Gasteiger partial charge in [0, 0.05) is 12.2 Å². The second-order valence-corrected chi connectivity index (χ2v) is 5.64. The maximum Gasteiger partial charge on any atom is 0.164 e. The van der Waals surface area contributed by atoms with Gasteiger partial charge < -0.3 is 10.4 Å². The van der Waals surface area contributed by atoms with Crippen molar-refractivity contribution in [1.29, 1.82) is 0 Å². The smallest absolute Gasteiger partial charge is 0.164 e. The lowest BCUT2D eigenvalue weighted by Gasteiger charge is -2.24. The first-order valence-electron chi connectivity index (χ1n) is 6.20. The fourth-order valence-electron chi connectivity index (χ4n) is 1.97. The summed E-state index contributed by atoms with van der Waals surface area (Å²) in [6.07, 6.45) is 0. The maximum atomic E-state index is 13.7. The minimum Gasteiger partial charge on any atom is -0.384 e. The Morgan fingerprint density at radius 3 is 2.80 bits per heavy atom. The summed E-state index contributed by atoms with van der Waals surface area (Å²) in [4.78, 5) is 11.5. The second-order valence-electron chi connectivity index (χ2n) is 4.86. The third kappa shape index (κ3) is 3.05. The number of Topliss-reactive ketones (excluding diaryl/α,β-unsaturated/α-hetero) is 1. The number of thiophene rings is 1. The summed E-state index contributed by atoms with van der Waals surface area (Å²) in [5.74, 6) is -0.904. The van der Waals surface area contributed by atoms with Crippen molar-refractivity contribution in [3.63, 3.8) is 0 Å². The first-order chi connectivity index (χ1) is 9.42. The Kier molecular flexibility index (Phi) is 4.20. The summed E-state index contributed by atoms with van der Waals surface area (Å²) in [7, 11) is 0. The molecule has 0 saturated heterocycles. The van der Waals surface area contributed by atoms with Crippen molar-refractivity contribution in [2.75, 3.05) is 11.9 Å². The molecule has 0 amide bonds. The Bertz CT molecular complexity index is 608. The normalized spacial score (nSPS) is 13.8. The number of benzene rings is 1. The minimum atomic E-state index is -1.08. The molecule has 1 atom stereocenters. The van der Waals surface area contributed by atoms with Crippen molar-refractivity contribution in [2.45, 2.75) is 19.4 Å². The van der Waals surface area contributed by atoms with E-state index >= 15 is 0 Å². The van der Waals surface area contributed by atoms with E-state index in [1.165, 1.54) is 30.4 Å². The summed E-state index contributed by atoms with van der Waals surface area (Å²) in [6, 6.07) is 6.25. The number of carbonyl (C=O) groups excluding carboxylic acids is 1. The van der Waals surface area contributed by atoms with Crippen LogP contribution in [0.1, 0.15) is 29.8 Å². The Labute approximate surface area is 121 Å². The number of aliphatic hydroxyl groups is 1. The predicted molar refractivity (Wildman–Crippen MR) is 78.8 cm³/mol. The highest BCUT2D eigenvalue weighted by Crippen LogP contribution is 2.25. The molecule has 0 spiro atoms. The van der Waals surface area contributed by atoms with E-state index < -0.39 is 11.4 Å². The fraction of sp³-hybridized carbons (Fsp3) is 0.267. The van der Waals surface area contributed by atoms with E-state index in [2.05, 4.69) is 5.32 Å². The molecule has 0 aliphatic carbocycles. The molecule has 0 saturated carbocycles. The average Bonchev–Trinajstić information content (AvgIpc) is 2.90. The molecule has 0 radical (unpaired) electrons. The quantitative estimate of drug-likeness (QED) is 0.831. The Morgan fingerprint density at radius 1 is 1.45 bits per heavy atom. The highest BCUT2D eigenvalue weighted by Gasteiger charge is 2.24. The summed E-state index contributed by atoms with van der Waals surface area (Å²) in [6.45, 7) is 3.18. The molecule has 106 valence electrons. The van der Waals surface area contributed by atoms with Gasteiger partial charge in [-0.05, 0) is 48.4 Å². The fourth-order valence-corrected chi connectivity index (χ4v) is 2.75. The number of ketones is 1. The number of anilines is 1. The number of nitrogens with one attached hydrogen (secondary N) is 1. The van der Waals surface area contributed by atoms with E-state index in [4.69, 9.17) is 0 Å². The second kappa shape index (κ2) is 5.73. The van der Waals surface area contributed by atoms with Crippen LogP contribution in [0.3, 0.4) is 0 Å². The van der Waals surface area contributed by atoms with Gasteiger partial charge in [-0.1, -0.05) is 6.07 Å². The van der Waals surface area contributed by atoms with Crippen molar-refractivity contribution < 1.29 is 14.3 Å². The van der Waals surface area contributed by atoms with Gasteiger partial charge in [-0.2, -0.15) is 11.3 Å². The molecule has 0 aliphatic rings. The number of rotatable bonds is 5. The molecule has 2 aromatic rings. The third-order valence-electron chi connectivity index (χ3n) is 3.13. The first-order valence-corrected chi connectivity index (χ1v) is 7.14. The van der Waals surface area contributed by atoms with Crippen molar-refractivity contribution in [3.8, 4) is 0 Å². The average molecular weight is 293 g/mol. The Hall–Kier alpha value is -1.72. The highest BCUT2D eigenvalue weighted by atomic mass is 32.1. The molecule has 0 bridgehead atoms. The lowest BCUT2D eigenvalue weighted by atomic mass is 9.99. The van der Waals surface area contributed by atoms with E-state index in [1.54, 1.807) is 13.0 Å². The van der Waals surface area contributed by atoms with Crippen molar-refractivity contribution in [1.82, 2.24) is 0 Å². The van der Waals surface area contributed by atoms with Crippen LogP contribution >= 0.6 is 11.3 Å². The van der Waals surface area contributed by atoms with E-state index in [9.17, 15) is 14.3 Å². The molecular formula is C15H16FNO2S. The van der Waals surface area contributed by atoms with Crippen LogP contribution in [0.15, 0.2) is 35.0 Å². The largest absolute Gasteiger partial charge is 0.384 e. The van der Waals surface area contributed by atoms with E-state index in [-0.39, 0.29) is 17.9 Å². The van der Waals surface area contributed by atoms with Gasteiger partial charge in [-0.3, -0.25) is 4.79 Å². The zero-order chi connectivity index (χ0) is 14.8. The summed E-state index contributed by atoms with van der Waals surface area (Å²) in [5.41, 5.74) is 0.123. The monoisotopic (exact) mass is 293 g/mol. The van der Waals surface area contributed by atoms with Gasteiger partial charge in [0.05, 0.1) is 5.56 Å². The van der Waals surface area contributed by atoms with E-state index in [0.29, 0.717) is 5.69 Å². The van der Waals surface area contributed by atoms with Crippen LogP contribution in [0.25, 0.3) is 0 Å². The van der Waals surface area contributed by atoms with Crippen LogP contribution in [0.2, 0.25) is 0 Å². The predicted octanol–water partition coefficient (Wildman–Crippen LogP) is 3.41. The van der Waals surface area contributed by atoms with Gasteiger partial charge in [-0.25, -0.2) is 4.39 Å². The molecule has 0 aliphatic heterocycles. The third-order valence-corrected chi connectivity index (χ3v) is 3.82. The number of hydrogen-bond acceptors (Lipinski definition) is 4. The van der Waals surface area contributed by atoms with Crippen LogP contribution in [0, 0.1) is 5.82 Å². The van der Waals surface area contributed by atoms with Gasteiger partial charge in [0.1, 0.15) is 11.4 Å². The molecule has 3 nitrogen and oxygen atoms in total. The lowest BCUT2D eigenvalue weighted by molar-refractivity contribution is 0.0719. The van der Waals surface area contributed by atoms with Gasteiger partial charge in [0.15, 0.2) is 5.78 Å². The van der Waals surface area contributed by atoms with Crippen LogP contribution in [0.5, 0.6) is 0 Å². The maximum absolute atomic E-state index is 13.7. The van der Waals surface area contributed by atoms with E-state index in [1.807, 2.05) is 16.8 Å². The van der Waals surface area contributed by atoms with E-state index in [0.717, 1.165) is 5.56 Å². The zero-order valence-electron chi connectivity index (χ0n) is 11.3. The minimum absolute atomic E-state index is 0.0219. The van der Waals surface area contributed by atoms with Gasteiger partial charge in [0.2, 0.25) is 0 Å². The Morgan fingerprint density at radius 2 is 2.20 bits per heavy atom. The molecule has 1 aromatic carbocycles. The molecule has 20 heavy (non-hydrogen) atoms. The summed E-state index contributed by atoms with van der Waals surface area (Å²) >= 11 is 1.50. The SMILES string of the molecule is CC(=O)c1c(F)cccc1NCC(C)(O)c1ccsc1. The zero-order valence-corrected chi connectivity index (χ0v) is 12.1. The highest BCUT2D eigenvalue weighted by molar-refractivity contribution is 7.08. The molecule has 2 rings (SSSR count). The molecule has 1 heterocycles. The van der Waals surface area contributed by atoms with Crippen molar-refractivity contribution >= 4 is 22.8 Å². The lowest BCUT2D eigenvalue weighted by Crippen LogP contribution is -2.30. The number of carbonyl (C=O) groups is 1. The van der Waals surface area contributed by atoms with Crippen molar-refractivity contribution in [2.24, 2.45) is 0 Å². The van der Waals surface area contributed by atoms with Gasteiger partial charge in [0.25, 0.3) is 0 Å². The van der Waals surface area contributed by atoms with Crippen LogP contribution in [-0.2, 0) is 5.60 Å². The molecule has 0 fully saturated rings. The molecule has 5 heteroatoms. The molecule has 1 unspecified atom stereocenters.